The lowest BCUT2D eigenvalue weighted by atomic mass is 10.1. The standard InChI is InChI=1S/C21H21NO5/c1-15-4-2-3-5-17(15)10-11-22-20(23)13-25-21(24)9-7-16-6-8-18-19(12-16)27-14-26-18/h2-9,12H,10-11,13-14H2,1H3,(H,22,23)/b9-7+. The van der Waals surface area contributed by atoms with E-state index in [4.69, 9.17) is 14.2 Å². The Labute approximate surface area is 157 Å². The molecule has 1 N–H and O–H groups in total. The summed E-state index contributed by atoms with van der Waals surface area (Å²) in [5.74, 6) is 0.408. The Morgan fingerprint density at radius 1 is 1.15 bits per heavy atom. The summed E-state index contributed by atoms with van der Waals surface area (Å²) in [5.41, 5.74) is 3.15. The largest absolute Gasteiger partial charge is 0.454 e. The number of amides is 1. The lowest BCUT2D eigenvalue weighted by molar-refractivity contribution is -0.143. The molecule has 1 aliphatic heterocycles. The van der Waals surface area contributed by atoms with Gasteiger partial charge in [-0.3, -0.25) is 4.79 Å². The predicted molar refractivity (Wildman–Crippen MR) is 100 cm³/mol. The molecule has 140 valence electrons. The van der Waals surface area contributed by atoms with Gasteiger partial charge in [-0.1, -0.05) is 30.3 Å². The molecule has 0 aromatic heterocycles. The van der Waals surface area contributed by atoms with Gasteiger partial charge in [0.2, 0.25) is 6.79 Å². The number of hydrogen-bond acceptors (Lipinski definition) is 5. The minimum atomic E-state index is -0.582. The van der Waals surface area contributed by atoms with E-state index in [1.165, 1.54) is 17.2 Å². The van der Waals surface area contributed by atoms with Crippen molar-refractivity contribution in [3.63, 3.8) is 0 Å². The molecule has 27 heavy (non-hydrogen) atoms. The van der Waals surface area contributed by atoms with Crippen molar-refractivity contribution >= 4 is 18.0 Å². The first kappa shape index (κ1) is 18.5. The molecule has 1 aliphatic rings. The third-order valence-corrected chi connectivity index (χ3v) is 4.13. The maximum atomic E-state index is 11.8. The Morgan fingerprint density at radius 2 is 1.96 bits per heavy atom. The summed E-state index contributed by atoms with van der Waals surface area (Å²) < 4.78 is 15.5. The van der Waals surface area contributed by atoms with Crippen molar-refractivity contribution in [3.05, 3.63) is 65.2 Å². The van der Waals surface area contributed by atoms with Crippen LogP contribution in [0.5, 0.6) is 11.5 Å². The van der Waals surface area contributed by atoms with Crippen LogP contribution in [0, 0.1) is 6.92 Å². The van der Waals surface area contributed by atoms with Gasteiger partial charge in [0.1, 0.15) is 0 Å². The lowest BCUT2D eigenvalue weighted by Gasteiger charge is -2.07. The molecule has 2 aromatic carbocycles. The smallest absolute Gasteiger partial charge is 0.331 e. The molecule has 0 aliphatic carbocycles. The average Bonchev–Trinajstić information content (AvgIpc) is 3.14. The van der Waals surface area contributed by atoms with Gasteiger partial charge in [-0.05, 0) is 48.2 Å². The van der Waals surface area contributed by atoms with Crippen LogP contribution in [0.1, 0.15) is 16.7 Å². The van der Waals surface area contributed by atoms with Crippen LogP contribution in [-0.4, -0.2) is 31.8 Å². The summed E-state index contributed by atoms with van der Waals surface area (Å²) in [4.78, 5) is 23.5. The van der Waals surface area contributed by atoms with Crippen molar-refractivity contribution in [1.82, 2.24) is 5.32 Å². The zero-order chi connectivity index (χ0) is 19.1. The number of carbonyl (C=O) groups excluding carboxylic acids is 2. The summed E-state index contributed by atoms with van der Waals surface area (Å²) in [5, 5.41) is 2.75. The second-order valence-corrected chi connectivity index (χ2v) is 6.08. The molecule has 0 saturated heterocycles. The van der Waals surface area contributed by atoms with E-state index < -0.39 is 5.97 Å². The molecule has 0 unspecified atom stereocenters. The Bertz CT molecular complexity index is 859. The van der Waals surface area contributed by atoms with Gasteiger partial charge >= 0.3 is 5.97 Å². The highest BCUT2D eigenvalue weighted by Gasteiger charge is 2.12. The third-order valence-electron chi connectivity index (χ3n) is 4.13. The third kappa shape index (κ3) is 5.34. The molecule has 0 bridgehead atoms. The normalized spacial score (nSPS) is 12.2. The SMILES string of the molecule is Cc1ccccc1CCNC(=O)COC(=O)/C=C/c1ccc2c(c1)OCO2. The Balaban J connectivity index is 1.38. The minimum Gasteiger partial charge on any atom is -0.454 e. The van der Waals surface area contributed by atoms with Crippen LogP contribution >= 0.6 is 0 Å². The van der Waals surface area contributed by atoms with Gasteiger partial charge in [0.15, 0.2) is 18.1 Å². The fourth-order valence-electron chi connectivity index (χ4n) is 2.64. The molecule has 0 fully saturated rings. The van der Waals surface area contributed by atoms with Crippen LogP contribution in [-0.2, 0) is 20.7 Å². The molecule has 0 spiro atoms. The maximum Gasteiger partial charge on any atom is 0.331 e. The van der Waals surface area contributed by atoms with Crippen LogP contribution in [0.25, 0.3) is 6.08 Å². The van der Waals surface area contributed by atoms with Crippen LogP contribution in [0.4, 0.5) is 0 Å². The molecular formula is C21H21NO5. The fraction of sp³-hybridized carbons (Fsp3) is 0.238. The van der Waals surface area contributed by atoms with E-state index in [1.54, 1.807) is 24.3 Å². The summed E-state index contributed by atoms with van der Waals surface area (Å²) in [6.07, 6.45) is 3.61. The molecule has 1 heterocycles. The number of aryl methyl sites for hydroxylation is 1. The first-order chi connectivity index (χ1) is 13.1. The number of hydrogen-bond donors (Lipinski definition) is 1. The van der Waals surface area contributed by atoms with Gasteiger partial charge in [0, 0.05) is 12.6 Å². The highest BCUT2D eigenvalue weighted by atomic mass is 16.7. The molecule has 0 saturated carbocycles. The molecule has 6 nitrogen and oxygen atoms in total. The molecule has 1 amide bonds. The van der Waals surface area contributed by atoms with E-state index in [9.17, 15) is 9.59 Å². The van der Waals surface area contributed by atoms with E-state index >= 15 is 0 Å². The van der Waals surface area contributed by atoms with Gasteiger partial charge in [-0.2, -0.15) is 0 Å². The summed E-state index contributed by atoms with van der Waals surface area (Å²) >= 11 is 0. The van der Waals surface area contributed by atoms with Gasteiger partial charge in [0.25, 0.3) is 5.91 Å². The number of rotatable bonds is 7. The second kappa shape index (κ2) is 8.89. The van der Waals surface area contributed by atoms with Crippen LogP contribution in [0.3, 0.4) is 0 Å². The fourth-order valence-corrected chi connectivity index (χ4v) is 2.64. The van der Waals surface area contributed by atoms with E-state index in [0.29, 0.717) is 18.0 Å². The Hall–Kier alpha value is -3.28. The van der Waals surface area contributed by atoms with Crippen molar-refractivity contribution in [2.24, 2.45) is 0 Å². The van der Waals surface area contributed by atoms with Crippen molar-refractivity contribution < 1.29 is 23.8 Å². The molecule has 2 aromatic rings. The molecule has 3 rings (SSSR count). The second-order valence-electron chi connectivity index (χ2n) is 6.08. The number of esters is 1. The zero-order valence-electron chi connectivity index (χ0n) is 15.1. The van der Waals surface area contributed by atoms with Crippen molar-refractivity contribution in [2.45, 2.75) is 13.3 Å². The van der Waals surface area contributed by atoms with Crippen molar-refractivity contribution in [2.75, 3.05) is 19.9 Å². The maximum absolute atomic E-state index is 11.8. The number of fused-ring (bicyclic) bond motifs is 1. The number of ether oxygens (including phenoxy) is 3. The molecule has 6 heteroatoms. The predicted octanol–water partition coefficient (Wildman–Crippen LogP) is 2.64. The molecular weight excluding hydrogens is 346 g/mol. The Kier molecular flexibility index (Phi) is 6.10. The summed E-state index contributed by atoms with van der Waals surface area (Å²) in [6.45, 7) is 2.42. The van der Waals surface area contributed by atoms with E-state index in [0.717, 1.165) is 12.0 Å². The lowest BCUT2D eigenvalue weighted by Crippen LogP contribution is -2.30. The van der Waals surface area contributed by atoms with Crippen molar-refractivity contribution in [1.29, 1.82) is 0 Å². The van der Waals surface area contributed by atoms with E-state index in [-0.39, 0.29) is 19.3 Å². The summed E-state index contributed by atoms with van der Waals surface area (Å²) in [6, 6.07) is 13.4. The van der Waals surface area contributed by atoms with Gasteiger partial charge in [0.05, 0.1) is 0 Å². The van der Waals surface area contributed by atoms with Gasteiger partial charge < -0.3 is 19.5 Å². The first-order valence-electron chi connectivity index (χ1n) is 8.67. The Morgan fingerprint density at radius 3 is 2.81 bits per heavy atom. The van der Waals surface area contributed by atoms with E-state index in [2.05, 4.69) is 5.32 Å². The number of nitrogens with one attached hydrogen (secondary N) is 1. The number of carbonyl (C=O) groups is 2. The minimum absolute atomic E-state index is 0.198. The summed E-state index contributed by atoms with van der Waals surface area (Å²) in [7, 11) is 0. The quantitative estimate of drug-likeness (QED) is 0.602. The van der Waals surface area contributed by atoms with Crippen LogP contribution in [0.15, 0.2) is 48.5 Å². The highest BCUT2D eigenvalue weighted by Crippen LogP contribution is 2.32. The topological polar surface area (TPSA) is 73.9 Å². The van der Waals surface area contributed by atoms with E-state index in [1.807, 2.05) is 31.2 Å². The molecule has 0 atom stereocenters. The highest BCUT2D eigenvalue weighted by molar-refractivity contribution is 5.89. The first-order valence-corrected chi connectivity index (χ1v) is 8.67. The van der Waals surface area contributed by atoms with Gasteiger partial charge in [-0.15, -0.1) is 0 Å². The van der Waals surface area contributed by atoms with Crippen LogP contribution < -0.4 is 14.8 Å². The average molecular weight is 367 g/mol. The van der Waals surface area contributed by atoms with Crippen LogP contribution in [0.2, 0.25) is 0 Å². The zero-order valence-corrected chi connectivity index (χ0v) is 15.1. The number of benzene rings is 2. The monoisotopic (exact) mass is 367 g/mol. The molecule has 0 radical (unpaired) electrons. The van der Waals surface area contributed by atoms with Gasteiger partial charge in [-0.25, -0.2) is 4.79 Å². The van der Waals surface area contributed by atoms with Crippen molar-refractivity contribution in [3.8, 4) is 11.5 Å².